The van der Waals surface area contributed by atoms with Crippen molar-refractivity contribution in [3.8, 4) is 5.88 Å². The van der Waals surface area contributed by atoms with Gasteiger partial charge in [0.25, 0.3) is 11.8 Å². The molecular weight excluding hydrogens is 374 g/mol. The van der Waals surface area contributed by atoms with Crippen molar-refractivity contribution in [2.24, 2.45) is 0 Å². The third kappa shape index (κ3) is 3.92. The van der Waals surface area contributed by atoms with Crippen molar-refractivity contribution in [2.45, 2.75) is 43.4 Å². The van der Waals surface area contributed by atoms with Crippen LogP contribution in [0.15, 0.2) is 30.9 Å². The van der Waals surface area contributed by atoms with Gasteiger partial charge < -0.3 is 29.8 Å². The number of anilines is 1. The van der Waals surface area contributed by atoms with Gasteiger partial charge in [0, 0.05) is 44.3 Å². The van der Waals surface area contributed by atoms with Gasteiger partial charge in [-0.15, -0.1) is 0 Å². The number of aliphatic hydroxyl groups is 1. The maximum absolute atomic E-state index is 12.4. The van der Waals surface area contributed by atoms with Crippen LogP contribution in [0.1, 0.15) is 36.5 Å². The summed E-state index contributed by atoms with van der Waals surface area (Å²) in [6.45, 7) is 3.51. The third-order valence-electron chi connectivity index (χ3n) is 5.97. The van der Waals surface area contributed by atoms with Crippen LogP contribution < -0.4 is 15.0 Å². The number of nitrogens with one attached hydrogen (secondary N) is 2. The van der Waals surface area contributed by atoms with E-state index in [1.165, 1.54) is 0 Å². The zero-order chi connectivity index (χ0) is 20.5. The number of ether oxygens (including phenoxy) is 2. The molecule has 2 fully saturated rings. The number of aromatic nitrogens is 3. The molecule has 0 bridgehead atoms. The molecule has 4 rings (SSSR count). The Kier molecular flexibility index (Phi) is 5.18. The fourth-order valence-corrected chi connectivity index (χ4v) is 4.30. The lowest BCUT2D eigenvalue weighted by molar-refractivity contribution is -0.176. The van der Waals surface area contributed by atoms with Crippen LogP contribution in [0.25, 0.3) is 0 Å². The first-order valence-electron chi connectivity index (χ1n) is 9.82. The third-order valence-corrected chi connectivity index (χ3v) is 5.97. The summed E-state index contributed by atoms with van der Waals surface area (Å²) in [5.74, 6) is 1.01. The van der Waals surface area contributed by atoms with Crippen molar-refractivity contribution in [3.05, 3.63) is 36.4 Å². The van der Waals surface area contributed by atoms with E-state index in [-0.39, 0.29) is 12.5 Å². The highest BCUT2D eigenvalue weighted by molar-refractivity contribution is 5.94. The molecule has 2 aliphatic rings. The molecule has 1 amide bonds. The molecule has 2 atom stereocenters. The minimum absolute atomic E-state index is 0.222. The Bertz CT molecular complexity index is 846. The molecule has 0 aromatic carbocycles. The number of carbonyl (C=O) groups is 1. The van der Waals surface area contributed by atoms with Crippen LogP contribution in [-0.4, -0.2) is 70.0 Å². The molecule has 2 saturated heterocycles. The summed E-state index contributed by atoms with van der Waals surface area (Å²) in [5, 5.41) is 14.0. The van der Waals surface area contributed by atoms with Gasteiger partial charge >= 0.3 is 0 Å². The van der Waals surface area contributed by atoms with Crippen LogP contribution in [0.4, 0.5) is 5.82 Å². The Morgan fingerprint density at radius 3 is 2.79 bits per heavy atom. The number of carbonyl (C=O) groups excluding carboxylic acids is 1. The molecule has 2 aromatic heterocycles. The summed E-state index contributed by atoms with van der Waals surface area (Å²) in [5.41, 5.74) is -0.936. The van der Waals surface area contributed by atoms with Gasteiger partial charge in [0.05, 0.1) is 36.5 Å². The van der Waals surface area contributed by atoms with Crippen molar-refractivity contribution in [2.75, 3.05) is 31.7 Å². The molecule has 0 aliphatic carbocycles. The summed E-state index contributed by atoms with van der Waals surface area (Å²) < 4.78 is 11.6. The summed E-state index contributed by atoms with van der Waals surface area (Å²) in [6, 6.07) is 1.24. The maximum atomic E-state index is 12.4. The predicted molar refractivity (Wildman–Crippen MR) is 106 cm³/mol. The molecule has 0 saturated carbocycles. The molecule has 2 aromatic rings. The Hall–Kier alpha value is -2.65. The van der Waals surface area contributed by atoms with E-state index in [1.807, 2.05) is 0 Å². The van der Waals surface area contributed by atoms with Gasteiger partial charge in [0.2, 0.25) is 0 Å². The maximum Gasteiger partial charge on any atom is 0.257 e. The Balaban J connectivity index is 1.39. The van der Waals surface area contributed by atoms with Crippen molar-refractivity contribution >= 4 is 11.7 Å². The second-order valence-corrected chi connectivity index (χ2v) is 8.03. The van der Waals surface area contributed by atoms with E-state index < -0.39 is 17.2 Å². The smallest absolute Gasteiger partial charge is 0.257 e. The normalized spacial score (nSPS) is 26.3. The number of methoxy groups -OCH3 is 1. The number of hydrogen-bond donors (Lipinski definition) is 3. The second kappa shape index (κ2) is 7.64. The average molecular weight is 401 g/mol. The van der Waals surface area contributed by atoms with Crippen LogP contribution in [0.3, 0.4) is 0 Å². The molecule has 0 unspecified atom stereocenters. The lowest BCUT2D eigenvalue weighted by atomic mass is 9.75. The van der Waals surface area contributed by atoms with E-state index in [9.17, 15) is 9.90 Å². The molecule has 29 heavy (non-hydrogen) atoms. The summed E-state index contributed by atoms with van der Waals surface area (Å²) in [6.07, 6.45) is 8.55. The van der Waals surface area contributed by atoms with Gasteiger partial charge in [-0.1, -0.05) is 0 Å². The number of hydrogen-bond acceptors (Lipinski definition) is 7. The number of piperidine rings is 1. The molecule has 2 aliphatic heterocycles. The number of H-pyrrole nitrogens is 1. The molecule has 4 heterocycles. The van der Waals surface area contributed by atoms with Gasteiger partial charge in [-0.25, -0.2) is 9.97 Å². The van der Waals surface area contributed by atoms with Crippen LogP contribution >= 0.6 is 0 Å². The van der Waals surface area contributed by atoms with Crippen LogP contribution in [0.2, 0.25) is 0 Å². The highest BCUT2D eigenvalue weighted by atomic mass is 16.5. The number of amides is 1. The molecule has 0 radical (unpaired) electrons. The number of nitrogens with zero attached hydrogens (tertiary/aromatic N) is 3. The first-order chi connectivity index (χ1) is 13.9. The Morgan fingerprint density at radius 1 is 1.38 bits per heavy atom. The molecular formula is C20H27N5O4. The number of rotatable bonds is 4. The van der Waals surface area contributed by atoms with Gasteiger partial charge in [-0.2, -0.15) is 0 Å². The molecule has 9 heteroatoms. The minimum atomic E-state index is -1.06. The van der Waals surface area contributed by atoms with E-state index in [2.05, 4.69) is 25.2 Å². The molecule has 1 spiro atoms. The number of aromatic amines is 1. The SMILES string of the molecule is COc1nccnc1N1CCC2(CC1)C[C@](C)(O)[C@@H](NC(=O)c1cc[nH]c1)CO2. The Morgan fingerprint density at radius 2 is 2.14 bits per heavy atom. The standard InChI is InChI=1S/C20H27N5O4/c1-19(27)13-20(29-12-15(19)24-17(26)14-3-6-21-11-14)4-9-25(10-5-20)16-18(28-2)23-8-7-22-16/h3,6-8,11,15,21,27H,4-5,9-10,12-13H2,1-2H3,(H,24,26)/t15-,19-/m0/s1. The van der Waals surface area contributed by atoms with Crippen LogP contribution in [-0.2, 0) is 4.74 Å². The predicted octanol–water partition coefficient (Wildman–Crippen LogP) is 1.12. The van der Waals surface area contributed by atoms with E-state index in [0.717, 1.165) is 31.7 Å². The van der Waals surface area contributed by atoms with Gasteiger partial charge in [-0.3, -0.25) is 4.79 Å². The zero-order valence-electron chi connectivity index (χ0n) is 16.7. The van der Waals surface area contributed by atoms with Crippen molar-refractivity contribution < 1.29 is 19.4 Å². The first-order valence-corrected chi connectivity index (χ1v) is 9.82. The monoisotopic (exact) mass is 401 g/mol. The summed E-state index contributed by atoms with van der Waals surface area (Å²) in [4.78, 5) is 26.0. The molecule has 3 N–H and O–H groups in total. The lowest BCUT2D eigenvalue weighted by Crippen LogP contribution is -2.64. The van der Waals surface area contributed by atoms with Gasteiger partial charge in [0.1, 0.15) is 0 Å². The highest BCUT2D eigenvalue weighted by Crippen LogP contribution is 2.41. The first kappa shape index (κ1) is 19.7. The fourth-order valence-electron chi connectivity index (χ4n) is 4.30. The highest BCUT2D eigenvalue weighted by Gasteiger charge is 2.49. The lowest BCUT2D eigenvalue weighted by Gasteiger charge is -2.51. The van der Waals surface area contributed by atoms with Crippen molar-refractivity contribution in [1.29, 1.82) is 0 Å². The van der Waals surface area contributed by atoms with Crippen molar-refractivity contribution in [3.63, 3.8) is 0 Å². The Labute approximate surface area is 169 Å². The fraction of sp³-hybridized carbons (Fsp3) is 0.550. The van der Waals surface area contributed by atoms with Gasteiger partial charge in [0.15, 0.2) is 5.82 Å². The van der Waals surface area contributed by atoms with Crippen LogP contribution in [0.5, 0.6) is 5.88 Å². The van der Waals surface area contributed by atoms with E-state index in [0.29, 0.717) is 17.9 Å². The zero-order valence-corrected chi connectivity index (χ0v) is 16.7. The minimum Gasteiger partial charge on any atom is -0.478 e. The summed E-state index contributed by atoms with van der Waals surface area (Å²) in [7, 11) is 1.59. The van der Waals surface area contributed by atoms with Gasteiger partial charge in [-0.05, 0) is 25.8 Å². The second-order valence-electron chi connectivity index (χ2n) is 8.03. The van der Waals surface area contributed by atoms with E-state index in [1.54, 1.807) is 44.9 Å². The summed E-state index contributed by atoms with van der Waals surface area (Å²) >= 11 is 0. The molecule has 9 nitrogen and oxygen atoms in total. The quantitative estimate of drug-likeness (QED) is 0.704. The van der Waals surface area contributed by atoms with E-state index >= 15 is 0 Å². The molecule has 156 valence electrons. The largest absolute Gasteiger partial charge is 0.478 e. The van der Waals surface area contributed by atoms with Crippen molar-refractivity contribution in [1.82, 2.24) is 20.3 Å². The van der Waals surface area contributed by atoms with Crippen LogP contribution in [0, 0.1) is 0 Å². The topological polar surface area (TPSA) is 113 Å². The average Bonchev–Trinajstić information content (AvgIpc) is 3.25. The van der Waals surface area contributed by atoms with E-state index in [4.69, 9.17) is 9.47 Å².